The lowest BCUT2D eigenvalue weighted by atomic mass is 10.5. The summed E-state index contributed by atoms with van der Waals surface area (Å²) < 4.78 is 11.4. The second-order valence-electron chi connectivity index (χ2n) is 3.61. The molecule has 6 heteroatoms. The number of hydrogen-bond donors (Lipinski definition) is 2. The fourth-order valence-corrected chi connectivity index (χ4v) is 3.91. The number of rotatable bonds is 8. The van der Waals surface area contributed by atoms with Crippen LogP contribution < -0.4 is 10.6 Å². The van der Waals surface area contributed by atoms with Crippen LogP contribution in [0.4, 0.5) is 4.79 Å². The quantitative estimate of drug-likeness (QED) is 0.505. The zero-order valence-electron chi connectivity index (χ0n) is 10.8. The molecule has 0 radical (unpaired) electrons. The van der Waals surface area contributed by atoms with Gasteiger partial charge in [-0.2, -0.15) is 0 Å². The molecule has 0 rings (SSSR count). The Kier molecular flexibility index (Phi) is 8.23. The van der Waals surface area contributed by atoms with Crippen molar-refractivity contribution in [2.75, 3.05) is 26.8 Å². The summed E-state index contributed by atoms with van der Waals surface area (Å²) in [5.41, 5.74) is 0. The molecule has 0 fully saturated rings. The van der Waals surface area contributed by atoms with E-state index < -0.39 is 8.56 Å². The van der Waals surface area contributed by atoms with Crippen LogP contribution >= 0.6 is 0 Å². The van der Waals surface area contributed by atoms with Crippen molar-refractivity contribution >= 4 is 14.6 Å². The first kappa shape index (κ1) is 15.4. The van der Waals surface area contributed by atoms with Crippen LogP contribution in [-0.4, -0.2) is 41.4 Å². The highest BCUT2D eigenvalue weighted by molar-refractivity contribution is 6.66. The molecule has 0 aromatic rings. The molecule has 0 aliphatic rings. The Hall–Kier alpha value is -0.593. The van der Waals surface area contributed by atoms with Crippen LogP contribution in [0.5, 0.6) is 0 Å². The van der Waals surface area contributed by atoms with Crippen molar-refractivity contribution in [2.45, 2.75) is 32.9 Å². The van der Waals surface area contributed by atoms with Gasteiger partial charge in [-0.3, -0.25) is 0 Å². The number of urea groups is 1. The van der Waals surface area contributed by atoms with Gasteiger partial charge in [-0.05, 0) is 32.9 Å². The van der Waals surface area contributed by atoms with E-state index in [4.69, 9.17) is 8.85 Å². The highest BCUT2D eigenvalue weighted by Crippen LogP contribution is 2.15. The van der Waals surface area contributed by atoms with Crippen molar-refractivity contribution in [3.63, 3.8) is 0 Å². The van der Waals surface area contributed by atoms with Gasteiger partial charge in [0.15, 0.2) is 0 Å². The Morgan fingerprint density at radius 1 is 1.25 bits per heavy atom. The molecule has 0 aromatic heterocycles. The molecule has 0 bridgehead atoms. The van der Waals surface area contributed by atoms with E-state index in [0.29, 0.717) is 19.8 Å². The van der Waals surface area contributed by atoms with Crippen LogP contribution in [0, 0.1) is 0 Å². The topological polar surface area (TPSA) is 59.6 Å². The van der Waals surface area contributed by atoms with Gasteiger partial charge in [-0.15, -0.1) is 0 Å². The zero-order chi connectivity index (χ0) is 12.4. The van der Waals surface area contributed by atoms with Gasteiger partial charge >= 0.3 is 14.6 Å². The maximum absolute atomic E-state index is 10.9. The molecule has 96 valence electrons. The molecular weight excluding hydrogens is 224 g/mol. The van der Waals surface area contributed by atoms with Crippen LogP contribution in [0.1, 0.15) is 20.3 Å². The SMILES string of the molecule is CCO[Si](C)(CCCNC(=O)NC)OCC. The summed E-state index contributed by atoms with van der Waals surface area (Å²) in [7, 11) is -0.398. The molecule has 0 aliphatic heterocycles. The molecule has 0 saturated carbocycles. The molecular formula is C10H24N2O3Si. The summed E-state index contributed by atoms with van der Waals surface area (Å²) in [4.78, 5) is 10.9. The largest absolute Gasteiger partial charge is 0.395 e. The highest BCUT2D eigenvalue weighted by Gasteiger charge is 2.29. The van der Waals surface area contributed by atoms with E-state index in [2.05, 4.69) is 17.2 Å². The lowest BCUT2D eigenvalue weighted by Gasteiger charge is -2.25. The minimum atomic E-state index is -2.00. The first-order valence-electron chi connectivity index (χ1n) is 5.81. The summed E-state index contributed by atoms with van der Waals surface area (Å²) in [6.07, 6.45) is 0.885. The molecule has 2 N–H and O–H groups in total. The summed E-state index contributed by atoms with van der Waals surface area (Å²) >= 11 is 0. The lowest BCUT2D eigenvalue weighted by molar-refractivity contribution is 0.188. The van der Waals surface area contributed by atoms with Gasteiger partial charge < -0.3 is 19.5 Å². The van der Waals surface area contributed by atoms with Gasteiger partial charge in [0.2, 0.25) is 0 Å². The van der Waals surface area contributed by atoms with Crippen molar-refractivity contribution in [1.82, 2.24) is 10.6 Å². The molecule has 0 aliphatic carbocycles. The summed E-state index contributed by atoms with van der Waals surface area (Å²) in [5.74, 6) is 0. The van der Waals surface area contributed by atoms with Crippen molar-refractivity contribution in [3.8, 4) is 0 Å². The van der Waals surface area contributed by atoms with E-state index >= 15 is 0 Å². The van der Waals surface area contributed by atoms with Crippen LogP contribution in [0.2, 0.25) is 12.6 Å². The van der Waals surface area contributed by atoms with E-state index in [0.717, 1.165) is 12.5 Å². The van der Waals surface area contributed by atoms with Gasteiger partial charge in [0.25, 0.3) is 0 Å². The third-order valence-corrected chi connectivity index (χ3v) is 5.28. The van der Waals surface area contributed by atoms with E-state index in [1.807, 2.05) is 13.8 Å². The first-order chi connectivity index (χ1) is 7.58. The second kappa shape index (κ2) is 8.55. The average molecular weight is 248 g/mol. The number of carbonyl (C=O) groups excluding carboxylic acids is 1. The van der Waals surface area contributed by atoms with Gasteiger partial charge in [-0.1, -0.05) is 0 Å². The van der Waals surface area contributed by atoms with E-state index in [1.165, 1.54) is 0 Å². The van der Waals surface area contributed by atoms with Gasteiger partial charge in [0.1, 0.15) is 0 Å². The highest BCUT2D eigenvalue weighted by atomic mass is 28.4. The fourth-order valence-electron chi connectivity index (χ4n) is 1.50. The molecule has 0 unspecified atom stereocenters. The standard InChI is InChI=1S/C10H24N2O3Si/c1-5-14-16(4,15-6-2)9-7-8-12-10(13)11-3/h5-9H2,1-4H3,(H2,11,12,13). The number of hydrogen-bond acceptors (Lipinski definition) is 3. The third-order valence-electron chi connectivity index (χ3n) is 2.22. The van der Waals surface area contributed by atoms with Crippen molar-refractivity contribution in [1.29, 1.82) is 0 Å². The van der Waals surface area contributed by atoms with Gasteiger partial charge in [-0.25, -0.2) is 4.79 Å². The summed E-state index contributed by atoms with van der Waals surface area (Å²) in [6, 6.07) is 0.759. The van der Waals surface area contributed by atoms with E-state index in [-0.39, 0.29) is 6.03 Å². The Labute approximate surface area is 99.1 Å². The molecule has 0 aromatic carbocycles. The molecule has 2 amide bonds. The summed E-state index contributed by atoms with van der Waals surface area (Å²) in [6.45, 7) is 8.06. The Morgan fingerprint density at radius 2 is 1.81 bits per heavy atom. The van der Waals surface area contributed by atoms with E-state index in [1.54, 1.807) is 7.05 Å². The van der Waals surface area contributed by atoms with Crippen LogP contribution in [0.15, 0.2) is 0 Å². The Balaban J connectivity index is 3.79. The monoisotopic (exact) mass is 248 g/mol. The second-order valence-corrected chi connectivity index (χ2v) is 6.95. The number of nitrogens with one attached hydrogen (secondary N) is 2. The van der Waals surface area contributed by atoms with E-state index in [9.17, 15) is 4.79 Å². The van der Waals surface area contributed by atoms with Crippen molar-refractivity contribution in [2.24, 2.45) is 0 Å². The van der Waals surface area contributed by atoms with Crippen molar-refractivity contribution in [3.05, 3.63) is 0 Å². The maximum atomic E-state index is 10.9. The van der Waals surface area contributed by atoms with Crippen LogP contribution in [-0.2, 0) is 8.85 Å². The van der Waals surface area contributed by atoms with Crippen molar-refractivity contribution < 1.29 is 13.6 Å². The number of carbonyl (C=O) groups is 1. The molecule has 0 saturated heterocycles. The molecule has 0 heterocycles. The molecule has 0 spiro atoms. The van der Waals surface area contributed by atoms with Gasteiger partial charge in [0, 0.05) is 26.8 Å². The Morgan fingerprint density at radius 3 is 2.25 bits per heavy atom. The number of amides is 2. The van der Waals surface area contributed by atoms with Gasteiger partial charge in [0.05, 0.1) is 0 Å². The zero-order valence-corrected chi connectivity index (χ0v) is 11.8. The maximum Gasteiger partial charge on any atom is 0.334 e. The predicted octanol–water partition coefficient (Wildman–Crippen LogP) is 1.45. The minimum absolute atomic E-state index is 0.142. The summed E-state index contributed by atoms with van der Waals surface area (Å²) in [5, 5.41) is 5.26. The molecule has 16 heavy (non-hydrogen) atoms. The Bertz CT molecular complexity index is 197. The van der Waals surface area contributed by atoms with Crippen LogP contribution in [0.3, 0.4) is 0 Å². The smallest absolute Gasteiger partial charge is 0.334 e. The lowest BCUT2D eigenvalue weighted by Crippen LogP contribution is -2.40. The average Bonchev–Trinajstić information content (AvgIpc) is 2.25. The third kappa shape index (κ3) is 6.81. The molecule has 5 nitrogen and oxygen atoms in total. The molecule has 0 atom stereocenters. The normalized spacial score (nSPS) is 11.2. The predicted molar refractivity (Wildman–Crippen MR) is 66.8 cm³/mol. The minimum Gasteiger partial charge on any atom is -0.395 e. The first-order valence-corrected chi connectivity index (χ1v) is 8.33. The fraction of sp³-hybridized carbons (Fsp3) is 0.900. The van der Waals surface area contributed by atoms with Crippen LogP contribution in [0.25, 0.3) is 0 Å².